The lowest BCUT2D eigenvalue weighted by atomic mass is 9.95. The van der Waals surface area contributed by atoms with Crippen molar-refractivity contribution < 1.29 is 9.90 Å². The third-order valence-corrected chi connectivity index (χ3v) is 4.58. The molecule has 86 valence electrons. The van der Waals surface area contributed by atoms with Gasteiger partial charge in [-0.3, -0.25) is 4.79 Å². The Morgan fingerprint density at radius 3 is 3.19 bits per heavy atom. The molecule has 0 aromatic carbocycles. The van der Waals surface area contributed by atoms with Crippen molar-refractivity contribution in [2.45, 2.75) is 32.7 Å². The van der Waals surface area contributed by atoms with Gasteiger partial charge in [0.2, 0.25) is 0 Å². The Bertz CT molecular complexity index is 437. The molecule has 0 bridgehead atoms. The summed E-state index contributed by atoms with van der Waals surface area (Å²) in [5.41, 5.74) is 1.36. The predicted molar refractivity (Wildman–Crippen MR) is 60.1 cm³/mol. The second kappa shape index (κ2) is 3.12. The van der Waals surface area contributed by atoms with Gasteiger partial charge in [0.15, 0.2) is 0 Å². The van der Waals surface area contributed by atoms with Crippen LogP contribution in [0.2, 0.25) is 0 Å². The normalized spacial score (nSPS) is 36.8. The van der Waals surface area contributed by atoms with Crippen LogP contribution in [0.1, 0.15) is 25.5 Å². The van der Waals surface area contributed by atoms with Crippen molar-refractivity contribution in [2.75, 3.05) is 0 Å². The molecule has 1 saturated carbocycles. The molecule has 1 fully saturated rings. The van der Waals surface area contributed by atoms with Gasteiger partial charge in [-0.2, -0.15) is 0 Å². The Morgan fingerprint density at radius 2 is 2.44 bits per heavy atom. The molecule has 0 radical (unpaired) electrons. The number of aromatic nitrogens is 1. The van der Waals surface area contributed by atoms with Gasteiger partial charge in [-0.25, -0.2) is 0 Å². The first-order valence-electron chi connectivity index (χ1n) is 6.00. The van der Waals surface area contributed by atoms with Crippen LogP contribution in [-0.2, 0) is 17.8 Å². The van der Waals surface area contributed by atoms with Crippen LogP contribution >= 0.6 is 0 Å². The monoisotopic (exact) mass is 219 g/mol. The number of carboxylic acid groups (broad SMARTS) is 1. The zero-order chi connectivity index (χ0) is 11.3. The van der Waals surface area contributed by atoms with Crippen molar-refractivity contribution in [2.24, 2.45) is 17.3 Å². The summed E-state index contributed by atoms with van der Waals surface area (Å²) in [4.78, 5) is 11.2. The van der Waals surface area contributed by atoms with Crippen LogP contribution in [-0.4, -0.2) is 15.6 Å². The standard InChI is InChI=1S/C13H17NO2/c1-13-5-3-7-14-6-2-4-9(14)8-10(13)11(13)12(15)16/h2,4,6,10-11H,3,5,7-8H2,1H3,(H,15,16)/t10-,11-,13-/m1/s1. The summed E-state index contributed by atoms with van der Waals surface area (Å²) in [6.07, 6.45) is 5.18. The number of carbonyl (C=O) groups is 1. The van der Waals surface area contributed by atoms with E-state index >= 15 is 0 Å². The number of hydrogen-bond donors (Lipinski definition) is 1. The van der Waals surface area contributed by atoms with Crippen molar-refractivity contribution in [1.29, 1.82) is 0 Å². The van der Waals surface area contributed by atoms with Crippen molar-refractivity contribution in [3.8, 4) is 0 Å². The molecular formula is C13H17NO2. The van der Waals surface area contributed by atoms with Crippen LogP contribution in [0.5, 0.6) is 0 Å². The van der Waals surface area contributed by atoms with Crippen molar-refractivity contribution in [3.63, 3.8) is 0 Å². The minimum Gasteiger partial charge on any atom is -0.481 e. The Hall–Kier alpha value is -1.25. The maximum atomic E-state index is 11.2. The van der Waals surface area contributed by atoms with E-state index in [0.29, 0.717) is 5.92 Å². The van der Waals surface area contributed by atoms with E-state index in [1.165, 1.54) is 5.69 Å². The summed E-state index contributed by atoms with van der Waals surface area (Å²) in [6.45, 7) is 3.19. The molecular weight excluding hydrogens is 202 g/mol. The number of fused-ring (bicyclic) bond motifs is 2. The van der Waals surface area contributed by atoms with Gasteiger partial charge >= 0.3 is 5.97 Å². The van der Waals surface area contributed by atoms with E-state index in [0.717, 1.165) is 25.8 Å². The first-order valence-corrected chi connectivity index (χ1v) is 6.00. The highest BCUT2D eigenvalue weighted by Gasteiger charge is 2.64. The molecule has 0 unspecified atom stereocenters. The Kier molecular flexibility index (Phi) is 1.94. The third-order valence-electron chi connectivity index (χ3n) is 4.58. The molecule has 3 nitrogen and oxygen atoms in total. The minimum absolute atomic E-state index is 0.0569. The van der Waals surface area contributed by atoms with Gasteiger partial charge in [-0.15, -0.1) is 0 Å². The van der Waals surface area contributed by atoms with Gasteiger partial charge in [0.1, 0.15) is 0 Å². The Balaban J connectivity index is 1.90. The summed E-state index contributed by atoms with van der Waals surface area (Å²) in [5.74, 6) is -0.375. The first kappa shape index (κ1) is 9.94. The zero-order valence-electron chi connectivity index (χ0n) is 9.52. The molecule has 16 heavy (non-hydrogen) atoms. The number of hydrogen-bond acceptors (Lipinski definition) is 1. The average Bonchev–Trinajstić information content (AvgIpc) is 2.54. The molecule has 1 aromatic heterocycles. The second-order valence-corrected chi connectivity index (χ2v) is 5.43. The van der Waals surface area contributed by atoms with E-state index in [2.05, 4.69) is 29.8 Å². The predicted octanol–water partition coefficient (Wildman–Crippen LogP) is 2.16. The van der Waals surface area contributed by atoms with E-state index in [9.17, 15) is 9.90 Å². The first-order chi connectivity index (χ1) is 7.63. The zero-order valence-corrected chi connectivity index (χ0v) is 9.52. The maximum absolute atomic E-state index is 11.2. The van der Waals surface area contributed by atoms with Crippen LogP contribution in [0.15, 0.2) is 18.3 Å². The second-order valence-electron chi connectivity index (χ2n) is 5.43. The van der Waals surface area contributed by atoms with Crippen LogP contribution in [0.25, 0.3) is 0 Å². The molecule has 1 N–H and O–H groups in total. The summed E-state index contributed by atoms with van der Waals surface area (Å²) >= 11 is 0. The molecule has 3 rings (SSSR count). The number of aryl methyl sites for hydroxylation is 1. The van der Waals surface area contributed by atoms with Gasteiger partial charge in [0, 0.05) is 18.4 Å². The van der Waals surface area contributed by atoms with Gasteiger partial charge in [0.05, 0.1) is 5.92 Å². The Morgan fingerprint density at radius 1 is 1.62 bits per heavy atom. The molecule has 1 aliphatic carbocycles. The van der Waals surface area contributed by atoms with Gasteiger partial charge in [-0.1, -0.05) is 6.92 Å². The molecule has 3 heteroatoms. The molecule has 2 aliphatic rings. The molecule has 3 atom stereocenters. The quantitative estimate of drug-likeness (QED) is 0.786. The van der Waals surface area contributed by atoms with Crippen molar-refractivity contribution in [1.82, 2.24) is 4.57 Å². The van der Waals surface area contributed by atoms with Crippen molar-refractivity contribution >= 4 is 5.97 Å². The molecule has 0 spiro atoms. The number of aliphatic carboxylic acids is 1. The molecule has 0 saturated heterocycles. The van der Waals surface area contributed by atoms with E-state index in [-0.39, 0.29) is 11.3 Å². The molecule has 1 aromatic rings. The van der Waals surface area contributed by atoms with E-state index in [4.69, 9.17) is 0 Å². The van der Waals surface area contributed by atoms with Crippen LogP contribution < -0.4 is 0 Å². The van der Waals surface area contributed by atoms with Crippen LogP contribution in [0.4, 0.5) is 0 Å². The SMILES string of the molecule is C[C@@]12CCCn3cccc3C[C@@H]1[C@@H]2C(=O)O. The van der Waals surface area contributed by atoms with E-state index < -0.39 is 5.97 Å². The fraction of sp³-hybridized carbons (Fsp3) is 0.615. The number of nitrogens with zero attached hydrogens (tertiary/aromatic N) is 1. The topological polar surface area (TPSA) is 42.2 Å². The van der Waals surface area contributed by atoms with Gasteiger partial charge in [-0.05, 0) is 42.7 Å². The van der Waals surface area contributed by atoms with Crippen LogP contribution in [0, 0.1) is 17.3 Å². The highest BCUT2D eigenvalue weighted by Crippen LogP contribution is 2.63. The lowest BCUT2D eigenvalue weighted by Gasteiger charge is -2.17. The number of rotatable bonds is 1. The summed E-state index contributed by atoms with van der Waals surface area (Å²) in [5, 5.41) is 9.22. The lowest BCUT2D eigenvalue weighted by molar-refractivity contribution is -0.139. The third kappa shape index (κ3) is 1.24. The van der Waals surface area contributed by atoms with Crippen molar-refractivity contribution in [3.05, 3.63) is 24.0 Å². The van der Waals surface area contributed by atoms with Crippen LogP contribution in [0.3, 0.4) is 0 Å². The largest absolute Gasteiger partial charge is 0.481 e. The van der Waals surface area contributed by atoms with Gasteiger partial charge in [0.25, 0.3) is 0 Å². The Labute approximate surface area is 95.1 Å². The molecule has 0 amide bonds. The maximum Gasteiger partial charge on any atom is 0.307 e. The summed E-state index contributed by atoms with van der Waals surface area (Å²) in [7, 11) is 0. The minimum atomic E-state index is -0.604. The fourth-order valence-electron chi connectivity index (χ4n) is 3.52. The molecule has 2 heterocycles. The molecule has 1 aliphatic heterocycles. The van der Waals surface area contributed by atoms with E-state index in [1.54, 1.807) is 0 Å². The number of carboxylic acids is 1. The highest BCUT2D eigenvalue weighted by atomic mass is 16.4. The summed E-state index contributed by atoms with van der Waals surface area (Å²) in [6, 6.07) is 4.19. The fourth-order valence-corrected chi connectivity index (χ4v) is 3.52. The lowest BCUT2D eigenvalue weighted by Crippen LogP contribution is -2.11. The highest BCUT2D eigenvalue weighted by molar-refractivity contribution is 5.75. The smallest absolute Gasteiger partial charge is 0.307 e. The van der Waals surface area contributed by atoms with Gasteiger partial charge < -0.3 is 9.67 Å². The van der Waals surface area contributed by atoms with E-state index in [1.807, 2.05) is 0 Å². The summed E-state index contributed by atoms with van der Waals surface area (Å²) < 4.78 is 2.27. The average molecular weight is 219 g/mol.